The van der Waals surface area contributed by atoms with Gasteiger partial charge in [0.15, 0.2) is 0 Å². The monoisotopic (exact) mass is 474 g/mol. The summed E-state index contributed by atoms with van der Waals surface area (Å²) in [6.07, 6.45) is 2.40. The van der Waals surface area contributed by atoms with Crippen molar-refractivity contribution in [2.24, 2.45) is 0 Å². The molecule has 1 unspecified atom stereocenters. The first-order chi connectivity index (χ1) is 13.8. The highest BCUT2D eigenvalue weighted by atomic mass is 35.5. The van der Waals surface area contributed by atoms with Crippen molar-refractivity contribution in [2.75, 3.05) is 19.1 Å². The summed E-state index contributed by atoms with van der Waals surface area (Å²) in [5.41, 5.74) is 0.999. The second-order valence-electron chi connectivity index (χ2n) is 6.11. The van der Waals surface area contributed by atoms with E-state index in [1.54, 1.807) is 43.1 Å². The number of hydrogen-bond donors (Lipinski definition) is 2. The van der Waals surface area contributed by atoms with Crippen LogP contribution >= 0.6 is 46.6 Å². The Kier molecular flexibility index (Phi) is 9.43. The number of ether oxygens (including phenoxy) is 1. The molecule has 0 aliphatic carbocycles. The first-order valence-corrected chi connectivity index (χ1v) is 11.2. The summed E-state index contributed by atoms with van der Waals surface area (Å²) >= 11 is 19.6. The molecule has 156 valence electrons. The van der Waals surface area contributed by atoms with Gasteiger partial charge in [-0.2, -0.15) is 11.8 Å². The van der Waals surface area contributed by atoms with Crippen LogP contribution in [0.2, 0.25) is 15.1 Å². The highest BCUT2D eigenvalue weighted by Gasteiger charge is 2.22. The van der Waals surface area contributed by atoms with Gasteiger partial charge in [-0.15, -0.1) is 0 Å². The predicted molar refractivity (Wildman–Crippen MR) is 121 cm³/mol. The third kappa shape index (κ3) is 7.00. The van der Waals surface area contributed by atoms with Gasteiger partial charge in [-0.3, -0.25) is 9.59 Å². The van der Waals surface area contributed by atoms with E-state index in [1.165, 1.54) is 12.1 Å². The average Bonchev–Trinajstić information content (AvgIpc) is 2.69. The maximum atomic E-state index is 12.7. The first-order valence-electron chi connectivity index (χ1n) is 8.70. The molecule has 0 saturated heterocycles. The molecule has 0 fully saturated rings. The molecule has 0 radical (unpaired) electrons. The summed E-state index contributed by atoms with van der Waals surface area (Å²) in [7, 11) is 1.55. The second-order valence-corrected chi connectivity index (χ2v) is 8.37. The van der Waals surface area contributed by atoms with E-state index in [9.17, 15) is 9.59 Å². The van der Waals surface area contributed by atoms with Crippen LogP contribution in [0.4, 0.5) is 0 Å². The molecular formula is C20H21Cl3N2O3S. The van der Waals surface area contributed by atoms with Crippen molar-refractivity contribution in [1.29, 1.82) is 0 Å². The third-order valence-electron chi connectivity index (χ3n) is 4.10. The Hall–Kier alpha value is -1.60. The molecule has 9 heteroatoms. The summed E-state index contributed by atoms with van der Waals surface area (Å²) in [6, 6.07) is 9.05. The SMILES string of the molecule is COc1ccc(Cl)cc1CNC(=O)C(CCSC)NC(=O)c1ccc(Cl)cc1Cl. The van der Waals surface area contributed by atoms with Gasteiger partial charge in [0.05, 0.1) is 17.7 Å². The molecule has 0 saturated carbocycles. The van der Waals surface area contributed by atoms with Gasteiger partial charge < -0.3 is 15.4 Å². The minimum absolute atomic E-state index is 0.218. The van der Waals surface area contributed by atoms with E-state index in [1.807, 2.05) is 6.26 Å². The lowest BCUT2D eigenvalue weighted by molar-refractivity contribution is -0.123. The van der Waals surface area contributed by atoms with E-state index in [0.717, 1.165) is 5.56 Å². The van der Waals surface area contributed by atoms with Crippen LogP contribution in [-0.2, 0) is 11.3 Å². The van der Waals surface area contributed by atoms with Gasteiger partial charge in [0.1, 0.15) is 11.8 Å². The van der Waals surface area contributed by atoms with E-state index in [2.05, 4.69) is 10.6 Å². The zero-order valence-electron chi connectivity index (χ0n) is 15.9. The van der Waals surface area contributed by atoms with Crippen LogP contribution in [0.3, 0.4) is 0 Å². The fourth-order valence-corrected chi connectivity index (χ4v) is 3.77. The number of nitrogens with one attached hydrogen (secondary N) is 2. The normalized spacial score (nSPS) is 11.6. The van der Waals surface area contributed by atoms with Gasteiger partial charge in [0.25, 0.3) is 5.91 Å². The zero-order valence-corrected chi connectivity index (χ0v) is 19.0. The van der Waals surface area contributed by atoms with Crippen LogP contribution < -0.4 is 15.4 Å². The molecule has 0 aliphatic rings. The minimum atomic E-state index is -0.716. The Balaban J connectivity index is 2.09. The van der Waals surface area contributed by atoms with Crippen molar-refractivity contribution in [3.05, 3.63) is 62.6 Å². The topological polar surface area (TPSA) is 67.4 Å². The molecule has 5 nitrogen and oxygen atoms in total. The van der Waals surface area contributed by atoms with E-state index >= 15 is 0 Å². The Morgan fingerprint density at radius 1 is 1.10 bits per heavy atom. The van der Waals surface area contributed by atoms with E-state index in [4.69, 9.17) is 39.5 Å². The summed E-state index contributed by atoms with van der Waals surface area (Å²) in [4.78, 5) is 25.4. The lowest BCUT2D eigenvalue weighted by Crippen LogP contribution is -2.47. The van der Waals surface area contributed by atoms with Crippen LogP contribution in [0.1, 0.15) is 22.3 Å². The van der Waals surface area contributed by atoms with E-state index < -0.39 is 11.9 Å². The van der Waals surface area contributed by atoms with Crippen molar-refractivity contribution in [1.82, 2.24) is 10.6 Å². The van der Waals surface area contributed by atoms with Crippen LogP contribution in [0.5, 0.6) is 5.75 Å². The Morgan fingerprint density at radius 3 is 2.45 bits per heavy atom. The molecule has 0 bridgehead atoms. The Morgan fingerprint density at radius 2 is 1.79 bits per heavy atom. The first kappa shape index (κ1) is 23.7. The van der Waals surface area contributed by atoms with Crippen LogP contribution in [-0.4, -0.2) is 37.0 Å². The molecule has 1 atom stereocenters. The molecule has 2 amide bonds. The maximum Gasteiger partial charge on any atom is 0.253 e. The number of methoxy groups -OCH3 is 1. The summed E-state index contributed by atoms with van der Waals surface area (Å²) < 4.78 is 5.29. The van der Waals surface area contributed by atoms with E-state index in [0.29, 0.717) is 28.0 Å². The van der Waals surface area contributed by atoms with Gasteiger partial charge in [-0.05, 0) is 54.8 Å². The number of halogens is 3. The van der Waals surface area contributed by atoms with Gasteiger partial charge in [-0.1, -0.05) is 34.8 Å². The number of rotatable bonds is 9. The smallest absolute Gasteiger partial charge is 0.253 e. The van der Waals surface area contributed by atoms with Gasteiger partial charge in [0.2, 0.25) is 5.91 Å². The maximum absolute atomic E-state index is 12.7. The molecule has 29 heavy (non-hydrogen) atoms. The third-order valence-corrected chi connectivity index (χ3v) is 5.53. The largest absolute Gasteiger partial charge is 0.496 e. The van der Waals surface area contributed by atoms with Crippen molar-refractivity contribution in [3.63, 3.8) is 0 Å². The molecule has 2 aromatic carbocycles. The fourth-order valence-electron chi connectivity index (χ4n) is 2.60. The zero-order chi connectivity index (χ0) is 21.4. The second kappa shape index (κ2) is 11.6. The number of carbonyl (C=O) groups is 2. The van der Waals surface area contributed by atoms with Gasteiger partial charge >= 0.3 is 0 Å². The Labute approximate surface area is 189 Å². The minimum Gasteiger partial charge on any atom is -0.496 e. The molecular weight excluding hydrogens is 455 g/mol. The number of hydrogen-bond acceptors (Lipinski definition) is 4. The van der Waals surface area contributed by atoms with Crippen molar-refractivity contribution >= 4 is 58.4 Å². The lowest BCUT2D eigenvalue weighted by atomic mass is 10.1. The molecule has 0 heterocycles. The highest BCUT2D eigenvalue weighted by molar-refractivity contribution is 7.98. The molecule has 2 rings (SSSR count). The van der Waals surface area contributed by atoms with Crippen molar-refractivity contribution < 1.29 is 14.3 Å². The fraction of sp³-hybridized carbons (Fsp3) is 0.300. The van der Waals surface area contributed by atoms with Crippen molar-refractivity contribution in [3.8, 4) is 5.75 Å². The van der Waals surface area contributed by atoms with Crippen LogP contribution in [0.25, 0.3) is 0 Å². The number of benzene rings is 2. The summed E-state index contributed by atoms with van der Waals surface area (Å²) in [5.74, 6) is 0.577. The molecule has 2 N–H and O–H groups in total. The summed E-state index contributed by atoms with van der Waals surface area (Å²) in [5, 5.41) is 6.79. The van der Waals surface area contributed by atoms with Crippen LogP contribution in [0.15, 0.2) is 36.4 Å². The van der Waals surface area contributed by atoms with E-state index in [-0.39, 0.29) is 23.0 Å². The van der Waals surface area contributed by atoms with Crippen LogP contribution in [0, 0.1) is 0 Å². The quantitative estimate of drug-likeness (QED) is 0.545. The number of thioether (sulfide) groups is 1. The van der Waals surface area contributed by atoms with Crippen molar-refractivity contribution in [2.45, 2.75) is 19.0 Å². The molecule has 0 aromatic heterocycles. The molecule has 2 aromatic rings. The van der Waals surface area contributed by atoms with Gasteiger partial charge in [-0.25, -0.2) is 0 Å². The average molecular weight is 476 g/mol. The standard InChI is InChI=1S/C20H21Cl3N2O3S/c1-28-18-6-4-13(21)9-12(18)11-24-20(27)17(7-8-29-2)25-19(26)15-5-3-14(22)10-16(15)23/h3-6,9-10,17H,7-8,11H2,1-2H3,(H,24,27)(H,25,26). The van der Waals surface area contributed by atoms with Gasteiger partial charge in [0, 0.05) is 22.2 Å². The Bertz CT molecular complexity index is 880. The number of amides is 2. The number of carbonyl (C=O) groups excluding carboxylic acids is 2. The lowest BCUT2D eigenvalue weighted by Gasteiger charge is -2.19. The molecule has 0 aliphatic heterocycles. The highest BCUT2D eigenvalue weighted by Crippen LogP contribution is 2.23. The predicted octanol–water partition coefficient (Wildman–Crippen LogP) is 4.82. The summed E-state index contributed by atoms with van der Waals surface area (Å²) in [6.45, 7) is 0.218. The molecule has 0 spiro atoms.